The van der Waals surface area contributed by atoms with Crippen LogP contribution >= 0.6 is 0 Å². The molecule has 7 nitrogen and oxygen atoms in total. The highest BCUT2D eigenvalue weighted by atomic mass is 32.2. The van der Waals surface area contributed by atoms with E-state index in [-0.39, 0.29) is 24.8 Å². The third-order valence-electron chi connectivity index (χ3n) is 6.26. The summed E-state index contributed by atoms with van der Waals surface area (Å²) >= 11 is 0. The van der Waals surface area contributed by atoms with E-state index in [1.807, 2.05) is 71.0 Å². The van der Waals surface area contributed by atoms with Crippen LogP contribution in [0, 0.1) is 26.7 Å². The van der Waals surface area contributed by atoms with Crippen molar-refractivity contribution in [3.05, 3.63) is 64.7 Å². The van der Waals surface area contributed by atoms with E-state index in [1.54, 1.807) is 17.9 Å². The van der Waals surface area contributed by atoms with E-state index in [2.05, 4.69) is 5.32 Å². The second kappa shape index (κ2) is 12.9. The summed E-state index contributed by atoms with van der Waals surface area (Å²) in [5.74, 6) is -0.0804. The summed E-state index contributed by atoms with van der Waals surface area (Å²) in [7, 11) is -3.52. The van der Waals surface area contributed by atoms with Crippen molar-refractivity contribution in [1.82, 2.24) is 10.2 Å². The molecule has 0 aliphatic carbocycles. The van der Waals surface area contributed by atoms with Gasteiger partial charge in [0.1, 0.15) is 6.04 Å². The van der Waals surface area contributed by atoms with Crippen LogP contribution in [0.4, 0.5) is 5.69 Å². The minimum absolute atomic E-state index is 0.129. The summed E-state index contributed by atoms with van der Waals surface area (Å²) in [6.45, 7) is 12.7. The molecule has 0 fully saturated rings. The summed E-state index contributed by atoms with van der Waals surface area (Å²) < 4.78 is 26.4. The van der Waals surface area contributed by atoms with Crippen LogP contribution in [0.15, 0.2) is 42.5 Å². The first-order chi connectivity index (χ1) is 16.8. The second-order valence-electron chi connectivity index (χ2n) is 10.0. The van der Waals surface area contributed by atoms with E-state index in [1.165, 1.54) is 10.6 Å². The van der Waals surface area contributed by atoms with E-state index in [0.717, 1.165) is 22.3 Å². The Morgan fingerprint density at radius 1 is 0.944 bits per heavy atom. The third-order valence-corrected chi connectivity index (χ3v) is 7.45. The molecular formula is C28H41N3O4S. The Kier molecular flexibility index (Phi) is 10.5. The summed E-state index contributed by atoms with van der Waals surface area (Å²) in [6.07, 6.45) is 1.64. The van der Waals surface area contributed by atoms with Gasteiger partial charge in [0.15, 0.2) is 0 Å². The van der Waals surface area contributed by atoms with Crippen molar-refractivity contribution in [2.45, 2.75) is 67.0 Å². The lowest BCUT2D eigenvalue weighted by Crippen LogP contribution is -2.48. The van der Waals surface area contributed by atoms with Crippen molar-refractivity contribution in [1.29, 1.82) is 0 Å². The molecule has 0 radical (unpaired) electrons. The van der Waals surface area contributed by atoms with Crippen LogP contribution in [0.2, 0.25) is 0 Å². The average Bonchev–Trinajstić information content (AvgIpc) is 2.80. The van der Waals surface area contributed by atoms with Crippen molar-refractivity contribution < 1.29 is 18.0 Å². The predicted molar refractivity (Wildman–Crippen MR) is 146 cm³/mol. The van der Waals surface area contributed by atoms with Crippen LogP contribution in [0.5, 0.6) is 0 Å². The van der Waals surface area contributed by atoms with E-state index in [0.29, 0.717) is 31.1 Å². The third kappa shape index (κ3) is 8.66. The average molecular weight is 516 g/mol. The molecule has 0 bridgehead atoms. The van der Waals surface area contributed by atoms with Gasteiger partial charge in [-0.15, -0.1) is 0 Å². The van der Waals surface area contributed by atoms with Crippen LogP contribution in [0.3, 0.4) is 0 Å². The zero-order valence-corrected chi connectivity index (χ0v) is 23.5. The van der Waals surface area contributed by atoms with Crippen LogP contribution in [0.1, 0.15) is 55.9 Å². The fourth-order valence-corrected chi connectivity index (χ4v) is 4.77. The standard InChI is InChI=1S/C28H41N3O4S/c1-20(2)18-29-28(33)24(6)30(19-25-13-10-21(3)11-14-25)27(32)9-8-16-31(36(7,34)35)26-15-12-22(4)23(5)17-26/h10-15,17,20,24H,8-9,16,18-19H2,1-7H3,(H,29,33)/t24-/m1/s1. The Morgan fingerprint density at radius 3 is 2.14 bits per heavy atom. The molecule has 1 N–H and O–H groups in total. The van der Waals surface area contributed by atoms with Gasteiger partial charge >= 0.3 is 0 Å². The van der Waals surface area contributed by atoms with Crippen molar-refractivity contribution >= 4 is 27.5 Å². The lowest BCUT2D eigenvalue weighted by molar-refractivity contribution is -0.140. The number of carbonyl (C=O) groups is 2. The number of anilines is 1. The molecule has 8 heteroatoms. The first-order valence-corrected chi connectivity index (χ1v) is 14.3. The summed E-state index contributed by atoms with van der Waals surface area (Å²) in [4.78, 5) is 27.7. The number of hydrogen-bond acceptors (Lipinski definition) is 4. The Morgan fingerprint density at radius 2 is 1.58 bits per heavy atom. The molecule has 0 saturated carbocycles. The number of benzene rings is 2. The van der Waals surface area contributed by atoms with Gasteiger partial charge in [-0.25, -0.2) is 8.42 Å². The van der Waals surface area contributed by atoms with E-state index < -0.39 is 16.1 Å². The van der Waals surface area contributed by atoms with Crippen molar-refractivity contribution in [2.24, 2.45) is 5.92 Å². The first kappa shape index (κ1) is 29.4. The Bertz CT molecular complexity index is 1140. The lowest BCUT2D eigenvalue weighted by Gasteiger charge is -2.30. The van der Waals surface area contributed by atoms with Gasteiger partial charge in [-0.1, -0.05) is 49.7 Å². The first-order valence-electron chi connectivity index (χ1n) is 12.5. The monoisotopic (exact) mass is 515 g/mol. The van der Waals surface area contributed by atoms with Crippen molar-refractivity contribution in [3.63, 3.8) is 0 Å². The van der Waals surface area contributed by atoms with Gasteiger partial charge in [0.2, 0.25) is 21.8 Å². The molecule has 198 valence electrons. The Balaban J connectivity index is 2.17. The van der Waals surface area contributed by atoms with E-state index in [4.69, 9.17) is 0 Å². The van der Waals surface area contributed by atoms with Gasteiger partial charge in [0, 0.05) is 26.1 Å². The fourth-order valence-electron chi connectivity index (χ4n) is 3.81. The highest BCUT2D eigenvalue weighted by Gasteiger charge is 2.26. The molecule has 0 aliphatic rings. The number of carbonyl (C=O) groups excluding carboxylic acids is 2. The number of nitrogens with zero attached hydrogens (tertiary/aromatic N) is 2. The van der Waals surface area contributed by atoms with Gasteiger partial charge in [-0.3, -0.25) is 13.9 Å². The van der Waals surface area contributed by atoms with Gasteiger partial charge < -0.3 is 10.2 Å². The molecule has 0 unspecified atom stereocenters. The number of sulfonamides is 1. The molecule has 0 saturated heterocycles. The molecule has 2 rings (SSSR count). The normalized spacial score (nSPS) is 12.3. The minimum Gasteiger partial charge on any atom is -0.354 e. The highest BCUT2D eigenvalue weighted by molar-refractivity contribution is 7.92. The van der Waals surface area contributed by atoms with Gasteiger partial charge in [0.05, 0.1) is 11.9 Å². The maximum Gasteiger partial charge on any atom is 0.242 e. The number of hydrogen-bond donors (Lipinski definition) is 1. The predicted octanol–water partition coefficient (Wildman–Crippen LogP) is 4.35. The van der Waals surface area contributed by atoms with Gasteiger partial charge in [-0.05, 0) is 68.9 Å². The van der Waals surface area contributed by atoms with E-state index in [9.17, 15) is 18.0 Å². The highest BCUT2D eigenvalue weighted by Crippen LogP contribution is 2.22. The quantitative estimate of drug-likeness (QED) is 0.455. The smallest absolute Gasteiger partial charge is 0.242 e. The molecule has 0 aliphatic heterocycles. The minimum atomic E-state index is -3.52. The summed E-state index contributed by atoms with van der Waals surface area (Å²) in [5.41, 5.74) is 4.73. The largest absolute Gasteiger partial charge is 0.354 e. The fraction of sp³-hybridized carbons (Fsp3) is 0.500. The van der Waals surface area contributed by atoms with Crippen LogP contribution < -0.4 is 9.62 Å². The molecule has 0 spiro atoms. The van der Waals surface area contributed by atoms with Gasteiger partial charge in [-0.2, -0.15) is 0 Å². The van der Waals surface area contributed by atoms with Gasteiger partial charge in [0.25, 0.3) is 0 Å². The Hall–Kier alpha value is -2.87. The number of rotatable bonds is 12. The maximum atomic E-state index is 13.3. The SMILES string of the molecule is Cc1ccc(CN(C(=O)CCCN(c2ccc(C)c(C)c2)S(C)(=O)=O)[C@H](C)C(=O)NCC(C)C)cc1. The summed E-state index contributed by atoms with van der Waals surface area (Å²) in [6, 6.07) is 12.8. The lowest BCUT2D eigenvalue weighted by atomic mass is 10.1. The topological polar surface area (TPSA) is 86.8 Å². The molecule has 1 atom stereocenters. The zero-order valence-electron chi connectivity index (χ0n) is 22.7. The maximum absolute atomic E-state index is 13.3. The van der Waals surface area contributed by atoms with Crippen LogP contribution in [-0.4, -0.2) is 50.5 Å². The Labute approximate surface area is 216 Å². The molecule has 2 amide bonds. The number of nitrogens with one attached hydrogen (secondary N) is 1. The van der Waals surface area contributed by atoms with Crippen molar-refractivity contribution in [2.75, 3.05) is 23.7 Å². The molecular weight excluding hydrogens is 474 g/mol. The van der Waals surface area contributed by atoms with Crippen LogP contribution in [-0.2, 0) is 26.2 Å². The zero-order chi connectivity index (χ0) is 27.0. The summed E-state index contributed by atoms with van der Waals surface area (Å²) in [5, 5.41) is 2.92. The molecule has 0 heterocycles. The molecule has 0 aromatic heterocycles. The molecule has 36 heavy (non-hydrogen) atoms. The molecule has 2 aromatic rings. The van der Waals surface area contributed by atoms with Crippen LogP contribution in [0.25, 0.3) is 0 Å². The number of amides is 2. The number of aryl methyl sites for hydroxylation is 3. The van der Waals surface area contributed by atoms with Crippen molar-refractivity contribution in [3.8, 4) is 0 Å². The second-order valence-corrected chi connectivity index (χ2v) is 11.9. The molecule has 2 aromatic carbocycles. The van der Waals surface area contributed by atoms with E-state index >= 15 is 0 Å².